The lowest BCUT2D eigenvalue weighted by atomic mass is 10.1. The predicted octanol–water partition coefficient (Wildman–Crippen LogP) is 11.8. The molecular weight excluding hydrogens is 914 g/mol. The molecule has 16 nitrogen and oxygen atoms in total. The second-order valence-corrected chi connectivity index (χ2v) is 15.2. The quantitative estimate of drug-likeness (QED) is 0.0386. The van der Waals surface area contributed by atoms with E-state index in [9.17, 15) is 46.6 Å². The first-order valence-electron chi connectivity index (χ1n) is 20.0. The molecule has 4 heterocycles. The fourth-order valence-corrected chi connectivity index (χ4v) is 7.32. The van der Waals surface area contributed by atoms with Crippen molar-refractivity contribution in [2.75, 3.05) is 11.1 Å². The Labute approximate surface area is 378 Å². The number of aromatic nitrogens is 6. The van der Waals surface area contributed by atoms with Gasteiger partial charge in [-0.1, -0.05) is 36.4 Å². The minimum Gasteiger partial charge on any atom is -0.433 e. The van der Waals surface area contributed by atoms with E-state index in [2.05, 4.69) is 74.3 Å². The number of rotatable bonds is 12. The van der Waals surface area contributed by atoms with Gasteiger partial charge in [0, 0.05) is 94.1 Å². The van der Waals surface area contributed by atoms with Gasteiger partial charge in [-0.2, -0.15) is 26.3 Å². The van der Waals surface area contributed by atoms with Crippen LogP contribution in [0.5, 0.6) is 11.5 Å². The van der Waals surface area contributed by atoms with Crippen molar-refractivity contribution in [3.63, 3.8) is 0 Å². The van der Waals surface area contributed by atoms with Gasteiger partial charge in [0.2, 0.25) is 22.9 Å². The van der Waals surface area contributed by atoms with Gasteiger partial charge in [-0.15, -0.1) is 0 Å². The first-order chi connectivity index (χ1) is 32.1. The molecule has 67 heavy (non-hydrogen) atoms. The lowest BCUT2D eigenvalue weighted by Crippen LogP contribution is -2.07. The van der Waals surface area contributed by atoms with Crippen molar-refractivity contribution < 1.29 is 45.7 Å². The monoisotopic (exact) mass is 946 g/mol. The molecule has 0 saturated heterocycles. The van der Waals surface area contributed by atoms with Crippen LogP contribution in [-0.2, 0) is 0 Å². The third kappa shape index (κ3) is 10.4. The van der Waals surface area contributed by atoms with E-state index in [1.807, 2.05) is 36.5 Å². The van der Waals surface area contributed by atoms with E-state index in [0.29, 0.717) is 41.3 Å². The number of ether oxygens (including phenoxy) is 2. The van der Waals surface area contributed by atoms with E-state index >= 15 is 0 Å². The summed E-state index contributed by atoms with van der Waals surface area (Å²) in [6.07, 6.45) is 12.1. The first kappa shape index (κ1) is 45.6. The molecule has 2 saturated carbocycles. The minimum absolute atomic E-state index is 0.0178. The maximum absolute atomic E-state index is 13.9. The molecule has 2 aliphatic rings. The van der Waals surface area contributed by atoms with Crippen LogP contribution in [0.1, 0.15) is 37.8 Å². The summed E-state index contributed by atoms with van der Waals surface area (Å²) in [5.41, 5.74) is 8.45. The van der Waals surface area contributed by atoms with Crippen LogP contribution in [0, 0.1) is 31.9 Å². The van der Waals surface area contributed by atoms with Gasteiger partial charge in [-0.05, 0) is 61.5 Å². The Morgan fingerprint density at radius 2 is 1.16 bits per heavy atom. The number of benzene rings is 4. The molecule has 2 fully saturated rings. The molecule has 8 aromatic rings. The number of para-hydroxylation sites is 2. The molecule has 4 aromatic heterocycles. The molecule has 0 spiro atoms. The van der Waals surface area contributed by atoms with E-state index in [-0.39, 0.29) is 11.6 Å². The topological polar surface area (TPSA) is 204 Å². The molecule has 4 aromatic carbocycles. The summed E-state index contributed by atoms with van der Waals surface area (Å²) in [6.45, 7) is -6.43. The zero-order chi connectivity index (χ0) is 47.5. The number of hydrogen-bond acceptors (Lipinski definition) is 12. The summed E-state index contributed by atoms with van der Waals surface area (Å²) in [4.78, 5) is 36.2. The Hall–Kier alpha value is -8.01. The van der Waals surface area contributed by atoms with Crippen LogP contribution in [0.3, 0.4) is 0 Å². The number of nitrogens with zero attached hydrogens (tertiary/aromatic N) is 8. The second kappa shape index (κ2) is 19.2. The summed E-state index contributed by atoms with van der Waals surface area (Å²) in [7, 11) is 0. The molecule has 0 unspecified atom stereocenters. The Morgan fingerprint density at radius 1 is 0.687 bits per heavy atom. The van der Waals surface area contributed by atoms with Crippen molar-refractivity contribution in [2.45, 2.75) is 51.0 Å². The van der Waals surface area contributed by atoms with E-state index in [0.717, 1.165) is 46.6 Å². The number of nitrogen functional groups attached to an aromatic ring is 1. The summed E-state index contributed by atoms with van der Waals surface area (Å²) in [5, 5.41) is 26.5. The third-order valence-electron chi connectivity index (χ3n) is 10.4. The first-order valence-corrected chi connectivity index (χ1v) is 20.4. The molecule has 23 heteroatoms. The van der Waals surface area contributed by atoms with Crippen molar-refractivity contribution in [3.05, 3.63) is 147 Å². The minimum atomic E-state index is -3.26. The zero-order valence-corrected chi connectivity index (χ0v) is 35.0. The fourth-order valence-electron chi connectivity index (χ4n) is 7.17. The number of nitrogens with one attached hydrogen (secondary N) is 1. The molecule has 0 aliphatic heterocycles. The number of hydrogen-bond donors (Lipinski definition) is 2. The Bertz CT molecular complexity index is 3150. The van der Waals surface area contributed by atoms with Gasteiger partial charge >= 0.3 is 24.6 Å². The van der Waals surface area contributed by atoms with Crippen LogP contribution in [0.2, 0.25) is 5.28 Å². The van der Waals surface area contributed by atoms with Gasteiger partial charge in [0.25, 0.3) is 0 Å². The van der Waals surface area contributed by atoms with E-state index in [4.69, 9.17) is 17.3 Å². The summed E-state index contributed by atoms with van der Waals surface area (Å²) >= 11 is 5.90. The lowest BCUT2D eigenvalue weighted by Gasteiger charge is -2.12. The summed E-state index contributed by atoms with van der Waals surface area (Å²) < 4.78 is 88.7. The van der Waals surface area contributed by atoms with Gasteiger partial charge in [0.15, 0.2) is 11.5 Å². The average molecular weight is 947 g/mol. The highest BCUT2D eigenvalue weighted by atomic mass is 35.5. The van der Waals surface area contributed by atoms with Gasteiger partial charge in [-0.25, -0.2) is 19.9 Å². The van der Waals surface area contributed by atoms with Crippen molar-refractivity contribution in [1.29, 1.82) is 0 Å². The lowest BCUT2D eigenvalue weighted by molar-refractivity contribution is -0.387. The van der Waals surface area contributed by atoms with E-state index in [1.165, 1.54) is 29.9 Å². The van der Waals surface area contributed by atoms with Crippen molar-refractivity contribution >= 4 is 62.1 Å². The molecule has 2 aliphatic carbocycles. The van der Waals surface area contributed by atoms with Gasteiger partial charge < -0.3 is 29.7 Å². The van der Waals surface area contributed by atoms with Crippen LogP contribution < -0.4 is 20.5 Å². The summed E-state index contributed by atoms with van der Waals surface area (Å²) in [5.74, 6) is -3.84. The number of nitrogens with two attached hydrogens (primary N) is 1. The van der Waals surface area contributed by atoms with E-state index < -0.39 is 63.3 Å². The molecular formula is C44H33ClF6N10O6. The smallest absolute Gasteiger partial charge is 0.387 e. The highest BCUT2D eigenvalue weighted by Gasteiger charge is 2.28. The van der Waals surface area contributed by atoms with Crippen LogP contribution >= 0.6 is 11.6 Å². The Kier molecular flexibility index (Phi) is 13.1. The molecule has 344 valence electrons. The molecule has 3 N–H and O–H groups in total. The summed E-state index contributed by atoms with van der Waals surface area (Å²) in [6, 6.07) is 23.4. The number of fused-ring (bicyclic) bond motifs is 2. The molecule has 0 radical (unpaired) electrons. The third-order valence-corrected chi connectivity index (χ3v) is 10.6. The average Bonchev–Trinajstić information content (AvgIpc) is 4.24. The SMILES string of the molecule is Clc1nccc(-c2cn(C3CC3)c3ccccc23)n1.Nc1cc([N+](=O)[O-])c(F)cc1OC(F)F.O=[N+]([O-])c1cc(Nc2nccc(-c3cn(C4CC4)c4ccccc34)n2)c(OC(F)F)cc1F. The standard InChI is InChI=1S/C22H16F3N5O3.C15H12ClN3.C7H5F3N2O3/c23-15-9-20(33-21(24)25)17(10-19(15)30(31)32)28-22-26-8-7-16(27-22)14-11-29(12-5-6-12)18-4-2-1-3-13(14)18;16-15-17-8-7-13(18-15)12-9-19(10-5-6-10)14-4-2-1-3-11(12)14;8-3-1-6(15-7(9)10)4(11)2-5(3)12(13)14/h1-4,7-12,21H,5-6H2,(H,26,27,28);1-4,7-10H,5-6H2;1-2,7H,11H2. The predicted molar refractivity (Wildman–Crippen MR) is 235 cm³/mol. The Balaban J connectivity index is 0.000000151. The van der Waals surface area contributed by atoms with Crippen molar-refractivity contribution in [1.82, 2.24) is 29.1 Å². The molecule has 10 rings (SSSR count). The van der Waals surface area contributed by atoms with Crippen molar-refractivity contribution in [3.8, 4) is 34.0 Å². The second-order valence-electron chi connectivity index (χ2n) is 14.9. The molecule has 0 amide bonds. The molecule has 0 atom stereocenters. The van der Waals surface area contributed by atoms with E-state index in [1.54, 1.807) is 12.3 Å². The Morgan fingerprint density at radius 3 is 1.67 bits per heavy atom. The maximum Gasteiger partial charge on any atom is 0.387 e. The number of halogens is 7. The maximum atomic E-state index is 13.9. The molecule has 0 bridgehead atoms. The zero-order valence-electron chi connectivity index (χ0n) is 34.3. The number of nitro groups is 2. The van der Waals surface area contributed by atoms with Crippen LogP contribution in [0.25, 0.3) is 44.3 Å². The van der Waals surface area contributed by atoms with Gasteiger partial charge in [0.1, 0.15) is 0 Å². The number of nitro benzene ring substituents is 2. The van der Waals surface area contributed by atoms with Gasteiger partial charge in [-0.3, -0.25) is 20.2 Å². The van der Waals surface area contributed by atoms with Crippen LogP contribution in [0.4, 0.5) is 55.0 Å². The van der Waals surface area contributed by atoms with Crippen LogP contribution in [0.15, 0.2) is 110 Å². The number of alkyl halides is 4. The fraction of sp³-hybridized carbons (Fsp3) is 0.182. The van der Waals surface area contributed by atoms with Crippen molar-refractivity contribution in [2.24, 2.45) is 0 Å². The van der Waals surface area contributed by atoms with Gasteiger partial charge in [0.05, 0.1) is 32.6 Å². The number of anilines is 3. The highest BCUT2D eigenvalue weighted by Crippen LogP contribution is 2.43. The highest BCUT2D eigenvalue weighted by molar-refractivity contribution is 6.28. The largest absolute Gasteiger partial charge is 0.433 e. The van der Waals surface area contributed by atoms with Crippen LogP contribution in [-0.4, -0.2) is 52.1 Å². The normalized spacial score (nSPS) is 13.2.